The third kappa shape index (κ3) is 4.04. The molecule has 140 valence electrons. The molecular weight excluding hydrogens is 330 g/mol. The highest BCUT2D eigenvalue weighted by Crippen LogP contribution is 2.35. The predicted molar refractivity (Wildman–Crippen MR) is 117 cm³/mol. The summed E-state index contributed by atoms with van der Waals surface area (Å²) in [6.45, 7) is 12.0. The van der Waals surface area contributed by atoms with Crippen LogP contribution in [-0.2, 0) is 0 Å². The van der Waals surface area contributed by atoms with E-state index in [0.717, 1.165) is 42.8 Å². The van der Waals surface area contributed by atoms with E-state index in [1.54, 1.807) is 0 Å². The van der Waals surface area contributed by atoms with Gasteiger partial charge in [0.15, 0.2) is 0 Å². The van der Waals surface area contributed by atoms with Crippen molar-refractivity contribution in [3.63, 3.8) is 0 Å². The molecule has 1 unspecified atom stereocenters. The van der Waals surface area contributed by atoms with Crippen molar-refractivity contribution in [3.05, 3.63) is 83.9 Å². The fraction of sp³-hybridized carbons (Fsp3) is 0.292. The lowest BCUT2D eigenvalue weighted by Gasteiger charge is -2.38. The maximum atomic E-state index is 5.71. The second-order valence-corrected chi connectivity index (χ2v) is 7.15. The smallest absolute Gasteiger partial charge is 0.0757 e. The Bertz CT molecular complexity index is 815. The molecule has 1 aliphatic heterocycles. The maximum Gasteiger partial charge on any atom is 0.0757 e. The predicted octanol–water partition coefficient (Wildman–Crippen LogP) is 5.23. The molecule has 3 heteroatoms. The van der Waals surface area contributed by atoms with Crippen LogP contribution in [0.25, 0.3) is 12.2 Å². The molecule has 2 aromatic carbocycles. The molecule has 1 fully saturated rings. The van der Waals surface area contributed by atoms with Gasteiger partial charge in [0, 0.05) is 0 Å². The summed E-state index contributed by atoms with van der Waals surface area (Å²) in [7, 11) is 0. The second-order valence-electron chi connectivity index (χ2n) is 7.15. The monoisotopic (exact) mass is 359 g/mol. The molecule has 3 rings (SSSR count). The number of rotatable bonds is 6. The highest BCUT2D eigenvalue weighted by molar-refractivity contribution is 5.89. The zero-order valence-electron chi connectivity index (χ0n) is 16.1. The van der Waals surface area contributed by atoms with E-state index in [4.69, 9.17) is 5.84 Å². The molecular formula is C24H29N3. The molecule has 0 bridgehead atoms. The van der Waals surface area contributed by atoms with Gasteiger partial charge in [-0.2, -0.15) is 5.10 Å². The maximum absolute atomic E-state index is 5.71. The third-order valence-corrected chi connectivity index (χ3v) is 5.66. The minimum Gasteiger partial charge on any atom is -0.323 e. The SMILES string of the molecule is C=Cc1cccc(C(/C(C)=N/N)N2CCC(c3ccccc3)CC2)c1C=C. The van der Waals surface area contributed by atoms with Crippen molar-refractivity contribution < 1.29 is 0 Å². The standard InChI is InChI=1S/C24H29N3/c1-4-19-12-9-13-23(22(19)5-2)24(18(3)26-25)27-16-14-21(15-17-27)20-10-7-6-8-11-20/h4-13,21,24H,1-2,14-17,25H2,3H3/b26-18+. The van der Waals surface area contributed by atoms with Gasteiger partial charge in [-0.1, -0.05) is 73.8 Å². The van der Waals surface area contributed by atoms with E-state index in [9.17, 15) is 0 Å². The molecule has 1 aliphatic rings. The third-order valence-electron chi connectivity index (χ3n) is 5.66. The fourth-order valence-corrected chi connectivity index (χ4v) is 4.23. The van der Waals surface area contributed by atoms with Gasteiger partial charge in [0.25, 0.3) is 0 Å². The summed E-state index contributed by atoms with van der Waals surface area (Å²) in [5.74, 6) is 6.33. The van der Waals surface area contributed by atoms with Gasteiger partial charge in [-0.3, -0.25) is 4.90 Å². The molecule has 1 saturated heterocycles. The van der Waals surface area contributed by atoms with Gasteiger partial charge >= 0.3 is 0 Å². The lowest BCUT2D eigenvalue weighted by molar-refractivity contribution is 0.187. The van der Waals surface area contributed by atoms with E-state index in [1.165, 1.54) is 11.1 Å². The highest BCUT2D eigenvalue weighted by Gasteiger charge is 2.30. The normalized spacial score (nSPS) is 17.4. The lowest BCUT2D eigenvalue weighted by Crippen LogP contribution is -2.39. The Labute approximate surface area is 162 Å². The van der Waals surface area contributed by atoms with E-state index in [1.807, 2.05) is 19.1 Å². The topological polar surface area (TPSA) is 41.6 Å². The van der Waals surface area contributed by atoms with Crippen LogP contribution in [0.15, 0.2) is 66.8 Å². The zero-order valence-corrected chi connectivity index (χ0v) is 16.1. The molecule has 2 aromatic rings. The summed E-state index contributed by atoms with van der Waals surface area (Å²) < 4.78 is 0. The van der Waals surface area contributed by atoms with E-state index in [-0.39, 0.29) is 6.04 Å². The summed E-state index contributed by atoms with van der Waals surface area (Å²) in [5.41, 5.74) is 5.78. The van der Waals surface area contributed by atoms with Crippen LogP contribution >= 0.6 is 0 Å². The van der Waals surface area contributed by atoms with Crippen molar-refractivity contribution >= 4 is 17.9 Å². The summed E-state index contributed by atoms with van der Waals surface area (Å²) >= 11 is 0. The van der Waals surface area contributed by atoms with Gasteiger partial charge in [0.2, 0.25) is 0 Å². The van der Waals surface area contributed by atoms with Crippen LogP contribution in [0, 0.1) is 0 Å². The molecule has 0 amide bonds. The number of hydrogen-bond donors (Lipinski definition) is 1. The minimum atomic E-state index is 0.0691. The van der Waals surface area contributed by atoms with Crippen molar-refractivity contribution in [2.24, 2.45) is 10.9 Å². The number of piperidine rings is 1. The second kappa shape index (κ2) is 8.83. The molecule has 0 radical (unpaired) electrons. The average molecular weight is 360 g/mol. The Hall–Kier alpha value is -2.65. The minimum absolute atomic E-state index is 0.0691. The van der Waals surface area contributed by atoms with Gasteiger partial charge < -0.3 is 5.84 Å². The molecule has 2 N–H and O–H groups in total. The Kier molecular flexibility index (Phi) is 6.25. The van der Waals surface area contributed by atoms with Crippen LogP contribution in [0.4, 0.5) is 0 Å². The Morgan fingerprint density at radius 2 is 1.78 bits per heavy atom. The summed E-state index contributed by atoms with van der Waals surface area (Å²) in [4.78, 5) is 2.50. The van der Waals surface area contributed by atoms with Crippen LogP contribution in [-0.4, -0.2) is 23.7 Å². The molecule has 0 aliphatic carbocycles. The van der Waals surface area contributed by atoms with E-state index in [0.29, 0.717) is 5.92 Å². The number of hydrogen-bond acceptors (Lipinski definition) is 3. The largest absolute Gasteiger partial charge is 0.323 e. The van der Waals surface area contributed by atoms with Crippen LogP contribution < -0.4 is 5.84 Å². The number of hydrazone groups is 1. The van der Waals surface area contributed by atoms with E-state index in [2.05, 4.69) is 71.7 Å². The van der Waals surface area contributed by atoms with Crippen LogP contribution in [0.3, 0.4) is 0 Å². The van der Waals surface area contributed by atoms with Crippen LogP contribution in [0.2, 0.25) is 0 Å². The average Bonchev–Trinajstić information content (AvgIpc) is 2.74. The molecule has 0 spiro atoms. The summed E-state index contributed by atoms with van der Waals surface area (Å²) in [6, 6.07) is 17.2. The Morgan fingerprint density at radius 3 is 2.37 bits per heavy atom. The number of nitrogens with two attached hydrogens (primary N) is 1. The Morgan fingerprint density at radius 1 is 1.07 bits per heavy atom. The molecule has 0 saturated carbocycles. The fourth-order valence-electron chi connectivity index (χ4n) is 4.23. The quantitative estimate of drug-likeness (QED) is 0.436. The highest BCUT2D eigenvalue weighted by atomic mass is 15.2. The first-order valence-electron chi connectivity index (χ1n) is 9.60. The van der Waals surface area contributed by atoms with E-state index >= 15 is 0 Å². The molecule has 27 heavy (non-hydrogen) atoms. The van der Waals surface area contributed by atoms with Gasteiger partial charge in [-0.15, -0.1) is 0 Å². The lowest BCUT2D eigenvalue weighted by atomic mass is 9.86. The van der Waals surface area contributed by atoms with Crippen LogP contribution in [0.1, 0.15) is 54.0 Å². The summed E-state index contributed by atoms with van der Waals surface area (Å²) in [6.07, 6.45) is 6.08. The van der Waals surface area contributed by atoms with E-state index < -0.39 is 0 Å². The van der Waals surface area contributed by atoms with Gasteiger partial charge in [-0.05, 0) is 61.0 Å². The number of nitrogens with zero attached hydrogens (tertiary/aromatic N) is 2. The van der Waals surface area contributed by atoms with Gasteiger partial charge in [0.05, 0.1) is 11.8 Å². The molecule has 1 heterocycles. The molecule has 0 aromatic heterocycles. The first-order chi connectivity index (χ1) is 13.2. The molecule has 3 nitrogen and oxygen atoms in total. The van der Waals surface area contributed by atoms with Crippen molar-refractivity contribution in [1.82, 2.24) is 4.90 Å². The van der Waals surface area contributed by atoms with Crippen molar-refractivity contribution in [2.45, 2.75) is 31.7 Å². The van der Waals surface area contributed by atoms with Gasteiger partial charge in [0.1, 0.15) is 0 Å². The van der Waals surface area contributed by atoms with Crippen LogP contribution in [0.5, 0.6) is 0 Å². The molecule has 1 atom stereocenters. The Balaban J connectivity index is 1.88. The van der Waals surface area contributed by atoms with Gasteiger partial charge in [-0.25, -0.2) is 0 Å². The van der Waals surface area contributed by atoms with Crippen molar-refractivity contribution in [3.8, 4) is 0 Å². The number of benzene rings is 2. The summed E-state index contributed by atoms with van der Waals surface area (Å²) in [5, 5.41) is 4.06. The zero-order chi connectivity index (χ0) is 19.2. The first-order valence-corrected chi connectivity index (χ1v) is 9.60. The van der Waals surface area contributed by atoms with Crippen molar-refractivity contribution in [2.75, 3.05) is 13.1 Å². The first kappa shape index (κ1) is 19.1. The number of likely N-dealkylation sites (tertiary alicyclic amines) is 1. The van der Waals surface area contributed by atoms with Crippen molar-refractivity contribution in [1.29, 1.82) is 0 Å².